The van der Waals surface area contributed by atoms with Gasteiger partial charge in [0.25, 0.3) is 0 Å². The molecule has 0 unspecified atom stereocenters. The number of ether oxygens (including phenoxy) is 1. The van der Waals surface area contributed by atoms with Crippen LogP contribution in [-0.2, 0) is 0 Å². The average molecular weight is 355 g/mol. The molecule has 1 N–H and O–H groups in total. The predicted octanol–water partition coefficient (Wildman–Crippen LogP) is 3.19. The Hall–Kier alpha value is -2.50. The Morgan fingerprint density at radius 1 is 1.08 bits per heavy atom. The molecule has 0 spiro atoms. The van der Waals surface area contributed by atoms with Gasteiger partial charge in [0.2, 0.25) is 5.95 Å². The second-order valence-corrected chi connectivity index (χ2v) is 7.11. The van der Waals surface area contributed by atoms with Gasteiger partial charge in [-0.2, -0.15) is 4.98 Å². The third kappa shape index (κ3) is 4.36. The molecule has 0 aliphatic carbocycles. The molecule has 140 valence electrons. The number of aryl methyl sites for hydroxylation is 1. The number of anilines is 3. The lowest BCUT2D eigenvalue weighted by Gasteiger charge is -2.37. The van der Waals surface area contributed by atoms with Gasteiger partial charge in [-0.25, -0.2) is 4.98 Å². The van der Waals surface area contributed by atoms with E-state index in [9.17, 15) is 0 Å². The Morgan fingerprint density at radius 2 is 1.77 bits per heavy atom. The maximum Gasteiger partial charge on any atom is 0.224 e. The smallest absolute Gasteiger partial charge is 0.224 e. The Labute approximate surface area is 156 Å². The SMILES string of the molecule is COc1ccccc1N1CCN(c2cc(C)nc(NCC(C)C)n2)CC1. The summed E-state index contributed by atoms with van der Waals surface area (Å²) in [5.41, 5.74) is 2.15. The molecule has 2 aromatic rings. The third-order valence-corrected chi connectivity index (χ3v) is 4.54. The van der Waals surface area contributed by atoms with Crippen LogP contribution in [-0.4, -0.2) is 49.8 Å². The molecule has 0 atom stereocenters. The molecular weight excluding hydrogens is 326 g/mol. The number of methoxy groups -OCH3 is 1. The highest BCUT2D eigenvalue weighted by Gasteiger charge is 2.21. The van der Waals surface area contributed by atoms with Crippen LogP contribution in [0.5, 0.6) is 5.75 Å². The van der Waals surface area contributed by atoms with Crippen LogP contribution >= 0.6 is 0 Å². The van der Waals surface area contributed by atoms with Crippen LogP contribution in [0, 0.1) is 12.8 Å². The number of rotatable bonds is 6. The van der Waals surface area contributed by atoms with E-state index in [2.05, 4.69) is 52.1 Å². The zero-order valence-electron chi connectivity index (χ0n) is 16.2. The molecule has 0 saturated carbocycles. The quantitative estimate of drug-likeness (QED) is 0.859. The van der Waals surface area contributed by atoms with Gasteiger partial charge in [-0.15, -0.1) is 0 Å². The van der Waals surface area contributed by atoms with E-state index >= 15 is 0 Å². The standard InChI is InChI=1S/C20H29N5O/c1-15(2)14-21-20-22-16(3)13-19(23-20)25-11-9-24(10-12-25)17-7-5-6-8-18(17)26-4/h5-8,13,15H,9-12,14H2,1-4H3,(H,21,22,23). The van der Waals surface area contributed by atoms with Crippen molar-refractivity contribution in [1.29, 1.82) is 0 Å². The summed E-state index contributed by atoms with van der Waals surface area (Å²) in [6, 6.07) is 10.3. The minimum Gasteiger partial charge on any atom is -0.495 e. The summed E-state index contributed by atoms with van der Waals surface area (Å²) >= 11 is 0. The summed E-state index contributed by atoms with van der Waals surface area (Å²) in [6.07, 6.45) is 0. The molecule has 0 bridgehead atoms. The van der Waals surface area contributed by atoms with E-state index in [4.69, 9.17) is 9.72 Å². The van der Waals surface area contributed by atoms with Crippen molar-refractivity contribution in [2.75, 3.05) is 55.0 Å². The summed E-state index contributed by atoms with van der Waals surface area (Å²) in [4.78, 5) is 13.9. The monoisotopic (exact) mass is 355 g/mol. The first-order valence-electron chi connectivity index (χ1n) is 9.29. The fourth-order valence-electron chi connectivity index (χ4n) is 3.16. The largest absolute Gasteiger partial charge is 0.495 e. The van der Waals surface area contributed by atoms with Crippen LogP contribution in [0.4, 0.5) is 17.5 Å². The molecular formula is C20H29N5O. The Morgan fingerprint density at radius 3 is 2.46 bits per heavy atom. The van der Waals surface area contributed by atoms with Gasteiger partial charge < -0.3 is 19.9 Å². The second kappa shape index (κ2) is 8.25. The van der Waals surface area contributed by atoms with Crippen LogP contribution in [0.15, 0.2) is 30.3 Å². The van der Waals surface area contributed by atoms with Gasteiger partial charge >= 0.3 is 0 Å². The van der Waals surface area contributed by atoms with Gasteiger partial charge in [0.1, 0.15) is 11.6 Å². The summed E-state index contributed by atoms with van der Waals surface area (Å²) in [5.74, 6) is 3.22. The molecule has 1 saturated heterocycles. The summed E-state index contributed by atoms with van der Waals surface area (Å²) in [5, 5.41) is 3.34. The van der Waals surface area contributed by atoms with E-state index < -0.39 is 0 Å². The van der Waals surface area contributed by atoms with Crippen molar-refractivity contribution in [3.05, 3.63) is 36.0 Å². The molecule has 0 radical (unpaired) electrons. The number of hydrogen-bond donors (Lipinski definition) is 1. The highest BCUT2D eigenvalue weighted by atomic mass is 16.5. The molecule has 1 aliphatic heterocycles. The zero-order chi connectivity index (χ0) is 18.5. The van der Waals surface area contributed by atoms with Gasteiger partial charge in [0.15, 0.2) is 0 Å². The third-order valence-electron chi connectivity index (χ3n) is 4.54. The Bertz CT molecular complexity index is 726. The van der Waals surface area contributed by atoms with E-state index in [1.54, 1.807) is 7.11 Å². The van der Waals surface area contributed by atoms with Gasteiger partial charge in [-0.3, -0.25) is 0 Å². The van der Waals surface area contributed by atoms with Crippen molar-refractivity contribution >= 4 is 17.5 Å². The van der Waals surface area contributed by atoms with E-state index in [0.29, 0.717) is 5.92 Å². The molecule has 6 heteroatoms. The van der Waals surface area contributed by atoms with E-state index in [-0.39, 0.29) is 0 Å². The van der Waals surface area contributed by atoms with Crippen molar-refractivity contribution in [2.24, 2.45) is 5.92 Å². The maximum absolute atomic E-state index is 5.50. The summed E-state index contributed by atoms with van der Waals surface area (Å²) in [7, 11) is 1.73. The minimum absolute atomic E-state index is 0.562. The molecule has 1 aliphatic rings. The van der Waals surface area contributed by atoms with Crippen molar-refractivity contribution < 1.29 is 4.74 Å². The molecule has 26 heavy (non-hydrogen) atoms. The van der Waals surface area contributed by atoms with Gasteiger partial charge in [0, 0.05) is 44.5 Å². The fraction of sp³-hybridized carbons (Fsp3) is 0.500. The zero-order valence-corrected chi connectivity index (χ0v) is 16.2. The normalized spacial score (nSPS) is 14.7. The number of para-hydroxylation sites is 2. The minimum atomic E-state index is 0.562. The van der Waals surface area contributed by atoms with Crippen LogP contribution in [0.1, 0.15) is 19.5 Å². The van der Waals surface area contributed by atoms with Gasteiger partial charge in [-0.05, 0) is 25.0 Å². The molecule has 1 fully saturated rings. The molecule has 3 rings (SSSR count). The summed E-state index contributed by atoms with van der Waals surface area (Å²) < 4.78 is 5.50. The average Bonchev–Trinajstić information content (AvgIpc) is 2.66. The first-order chi connectivity index (χ1) is 12.6. The van der Waals surface area contributed by atoms with Crippen LogP contribution < -0.4 is 19.9 Å². The summed E-state index contributed by atoms with van der Waals surface area (Å²) in [6.45, 7) is 11.0. The van der Waals surface area contributed by atoms with Crippen LogP contribution in [0.25, 0.3) is 0 Å². The lowest BCUT2D eigenvalue weighted by Crippen LogP contribution is -2.47. The number of benzene rings is 1. The number of piperazine rings is 1. The number of nitrogens with one attached hydrogen (secondary N) is 1. The number of aromatic nitrogens is 2. The van der Waals surface area contributed by atoms with Crippen LogP contribution in [0.3, 0.4) is 0 Å². The van der Waals surface area contributed by atoms with Crippen LogP contribution in [0.2, 0.25) is 0 Å². The van der Waals surface area contributed by atoms with Gasteiger partial charge in [0.05, 0.1) is 12.8 Å². The highest BCUT2D eigenvalue weighted by molar-refractivity contribution is 5.59. The Kier molecular flexibility index (Phi) is 5.81. The number of hydrogen-bond acceptors (Lipinski definition) is 6. The Balaban J connectivity index is 1.68. The fourth-order valence-corrected chi connectivity index (χ4v) is 3.16. The molecule has 2 heterocycles. The van der Waals surface area contributed by atoms with E-state index in [0.717, 1.165) is 61.6 Å². The van der Waals surface area contributed by atoms with Crippen molar-refractivity contribution in [3.63, 3.8) is 0 Å². The second-order valence-electron chi connectivity index (χ2n) is 7.11. The lowest BCUT2D eigenvalue weighted by atomic mass is 10.2. The highest BCUT2D eigenvalue weighted by Crippen LogP contribution is 2.29. The van der Waals surface area contributed by atoms with Crippen molar-refractivity contribution in [1.82, 2.24) is 9.97 Å². The first-order valence-corrected chi connectivity index (χ1v) is 9.29. The van der Waals surface area contributed by atoms with E-state index in [1.165, 1.54) is 0 Å². The van der Waals surface area contributed by atoms with Gasteiger partial charge in [-0.1, -0.05) is 26.0 Å². The topological polar surface area (TPSA) is 53.5 Å². The first kappa shape index (κ1) is 18.3. The number of nitrogens with zero attached hydrogens (tertiary/aromatic N) is 4. The maximum atomic E-state index is 5.50. The molecule has 6 nitrogen and oxygen atoms in total. The predicted molar refractivity (Wildman–Crippen MR) is 108 cm³/mol. The van der Waals surface area contributed by atoms with E-state index in [1.807, 2.05) is 19.1 Å². The molecule has 1 aromatic carbocycles. The van der Waals surface area contributed by atoms with Crippen molar-refractivity contribution in [3.8, 4) is 5.75 Å². The molecule has 1 aromatic heterocycles. The van der Waals surface area contributed by atoms with Crippen molar-refractivity contribution in [2.45, 2.75) is 20.8 Å². The molecule has 0 amide bonds. The lowest BCUT2D eigenvalue weighted by molar-refractivity contribution is 0.413.